The molecule has 0 saturated carbocycles. The van der Waals surface area contributed by atoms with E-state index in [4.69, 9.17) is 0 Å². The molecule has 0 bridgehead atoms. The Hall–Kier alpha value is -2.93. The molecule has 102 valence electrons. The Bertz CT molecular complexity index is 866. The summed E-state index contributed by atoms with van der Waals surface area (Å²) >= 11 is 0. The Balaban J connectivity index is 2.20. The van der Waals surface area contributed by atoms with Crippen LogP contribution in [0.15, 0.2) is 48.7 Å². The second-order valence-electron chi connectivity index (χ2n) is 4.71. The van der Waals surface area contributed by atoms with E-state index in [1.165, 1.54) is 12.3 Å². The van der Waals surface area contributed by atoms with Crippen molar-refractivity contribution in [2.75, 3.05) is 5.32 Å². The summed E-state index contributed by atoms with van der Waals surface area (Å²) in [4.78, 5) is 4.26. The maximum Gasteiger partial charge on any atom is 0.128 e. The highest BCUT2D eigenvalue weighted by Crippen LogP contribution is 2.30. The summed E-state index contributed by atoms with van der Waals surface area (Å²) in [5, 5.41) is 13.3. The maximum absolute atomic E-state index is 13.7. The lowest BCUT2D eigenvalue weighted by atomic mass is 10.1. The number of halogens is 1. The van der Waals surface area contributed by atoms with Gasteiger partial charge in [-0.3, -0.25) is 4.98 Å². The predicted molar refractivity (Wildman–Crippen MR) is 80.9 cm³/mol. The van der Waals surface area contributed by atoms with Crippen molar-refractivity contribution >= 4 is 22.3 Å². The fourth-order valence-electron chi connectivity index (χ4n) is 2.24. The molecule has 3 aromatic rings. The van der Waals surface area contributed by atoms with E-state index in [1.54, 1.807) is 19.1 Å². The van der Waals surface area contributed by atoms with Crippen LogP contribution < -0.4 is 5.32 Å². The third-order valence-electron chi connectivity index (χ3n) is 3.42. The molecule has 1 aromatic heterocycles. The van der Waals surface area contributed by atoms with E-state index in [0.29, 0.717) is 22.5 Å². The fourth-order valence-corrected chi connectivity index (χ4v) is 2.24. The van der Waals surface area contributed by atoms with Crippen LogP contribution >= 0.6 is 0 Å². The van der Waals surface area contributed by atoms with E-state index in [-0.39, 0.29) is 5.82 Å². The van der Waals surface area contributed by atoms with Gasteiger partial charge in [0.25, 0.3) is 0 Å². The number of nitrogens with one attached hydrogen (secondary N) is 1. The molecule has 0 atom stereocenters. The first-order valence-electron chi connectivity index (χ1n) is 6.50. The van der Waals surface area contributed by atoms with E-state index in [2.05, 4.69) is 16.4 Å². The number of rotatable bonds is 2. The first-order chi connectivity index (χ1) is 10.2. The number of fused-ring (bicyclic) bond motifs is 1. The van der Waals surface area contributed by atoms with Crippen LogP contribution in [0.3, 0.4) is 0 Å². The molecule has 0 spiro atoms. The summed E-state index contributed by atoms with van der Waals surface area (Å²) in [6.45, 7) is 1.70. The van der Waals surface area contributed by atoms with E-state index in [0.717, 1.165) is 10.9 Å². The molecule has 0 fully saturated rings. The standard InChI is InChI=1S/C17H12FN3/c1-11-14(18)6-4-8-15(11)21-17-12(9-19)10-20-16-7-3-2-5-13(16)17/h2-8,10H,1H3,(H,20,21). The summed E-state index contributed by atoms with van der Waals surface area (Å²) in [5.41, 5.74) is 3.02. The first-order valence-corrected chi connectivity index (χ1v) is 6.50. The molecule has 3 rings (SSSR count). The van der Waals surface area contributed by atoms with Crippen LogP contribution in [0.5, 0.6) is 0 Å². The molecule has 4 heteroatoms. The van der Waals surface area contributed by atoms with Gasteiger partial charge < -0.3 is 5.32 Å². The van der Waals surface area contributed by atoms with E-state index < -0.39 is 0 Å². The molecule has 0 unspecified atom stereocenters. The minimum atomic E-state index is -0.281. The summed E-state index contributed by atoms with van der Waals surface area (Å²) in [6.07, 6.45) is 1.53. The second kappa shape index (κ2) is 5.22. The lowest BCUT2D eigenvalue weighted by Crippen LogP contribution is -1.99. The van der Waals surface area contributed by atoms with Gasteiger partial charge >= 0.3 is 0 Å². The smallest absolute Gasteiger partial charge is 0.128 e. The van der Waals surface area contributed by atoms with Crippen molar-refractivity contribution in [2.24, 2.45) is 0 Å². The average molecular weight is 277 g/mol. The van der Waals surface area contributed by atoms with Crippen molar-refractivity contribution < 1.29 is 4.39 Å². The molecule has 0 radical (unpaired) electrons. The molecule has 1 heterocycles. The number of aromatic nitrogens is 1. The molecule has 0 amide bonds. The number of hydrogen-bond donors (Lipinski definition) is 1. The zero-order valence-electron chi connectivity index (χ0n) is 11.4. The molecule has 0 aliphatic carbocycles. The number of pyridine rings is 1. The van der Waals surface area contributed by atoms with Gasteiger partial charge in [0.15, 0.2) is 0 Å². The van der Waals surface area contributed by atoms with Crippen LogP contribution in [0.2, 0.25) is 0 Å². The number of hydrogen-bond acceptors (Lipinski definition) is 3. The molecule has 1 N–H and O–H groups in total. The van der Waals surface area contributed by atoms with Gasteiger partial charge in [-0.15, -0.1) is 0 Å². The minimum absolute atomic E-state index is 0.281. The Morgan fingerprint density at radius 1 is 1.14 bits per heavy atom. The van der Waals surface area contributed by atoms with Crippen LogP contribution in [-0.4, -0.2) is 4.98 Å². The number of nitrogens with zero attached hydrogens (tertiary/aromatic N) is 2. The summed E-state index contributed by atoms with van der Waals surface area (Å²) < 4.78 is 13.7. The Morgan fingerprint density at radius 2 is 1.95 bits per heavy atom. The normalized spacial score (nSPS) is 10.3. The predicted octanol–water partition coefficient (Wildman–Crippen LogP) is 4.30. The minimum Gasteiger partial charge on any atom is -0.354 e. The van der Waals surface area contributed by atoms with Crippen LogP contribution in [0.25, 0.3) is 10.9 Å². The van der Waals surface area contributed by atoms with Crippen LogP contribution in [0.1, 0.15) is 11.1 Å². The summed E-state index contributed by atoms with van der Waals surface area (Å²) in [7, 11) is 0. The molecule has 0 saturated heterocycles. The molecule has 3 nitrogen and oxygen atoms in total. The lowest BCUT2D eigenvalue weighted by Gasteiger charge is -2.13. The third kappa shape index (κ3) is 2.30. The molecule has 0 aliphatic heterocycles. The van der Waals surface area contributed by atoms with Crippen LogP contribution in [0, 0.1) is 24.1 Å². The number of nitriles is 1. The van der Waals surface area contributed by atoms with Crippen molar-refractivity contribution in [1.29, 1.82) is 5.26 Å². The van der Waals surface area contributed by atoms with E-state index in [9.17, 15) is 9.65 Å². The van der Waals surface area contributed by atoms with Crippen molar-refractivity contribution in [3.05, 3.63) is 65.6 Å². The Kier molecular flexibility index (Phi) is 3.25. The SMILES string of the molecule is Cc1c(F)cccc1Nc1c(C#N)cnc2ccccc12. The lowest BCUT2D eigenvalue weighted by molar-refractivity contribution is 0.619. The Morgan fingerprint density at radius 3 is 2.76 bits per heavy atom. The van der Waals surface area contributed by atoms with Gasteiger partial charge in [-0.25, -0.2) is 4.39 Å². The van der Waals surface area contributed by atoms with Gasteiger partial charge in [0.1, 0.15) is 11.9 Å². The number of anilines is 2. The first kappa shape index (κ1) is 13.1. The highest BCUT2D eigenvalue weighted by atomic mass is 19.1. The van der Waals surface area contributed by atoms with E-state index >= 15 is 0 Å². The monoisotopic (exact) mass is 277 g/mol. The molecule has 2 aromatic carbocycles. The van der Waals surface area contributed by atoms with Gasteiger partial charge in [0, 0.05) is 22.8 Å². The topological polar surface area (TPSA) is 48.7 Å². The van der Waals surface area contributed by atoms with Gasteiger partial charge in [-0.05, 0) is 25.1 Å². The second-order valence-corrected chi connectivity index (χ2v) is 4.71. The largest absolute Gasteiger partial charge is 0.354 e. The van der Waals surface area contributed by atoms with Crippen LogP contribution in [-0.2, 0) is 0 Å². The molecular formula is C17H12FN3. The number of benzene rings is 2. The number of para-hydroxylation sites is 1. The molecular weight excluding hydrogens is 265 g/mol. The Labute approximate surface area is 121 Å². The van der Waals surface area contributed by atoms with Gasteiger partial charge in [-0.1, -0.05) is 24.3 Å². The van der Waals surface area contributed by atoms with Gasteiger partial charge in [-0.2, -0.15) is 5.26 Å². The zero-order chi connectivity index (χ0) is 14.8. The third-order valence-corrected chi connectivity index (χ3v) is 3.42. The fraction of sp³-hybridized carbons (Fsp3) is 0.0588. The van der Waals surface area contributed by atoms with E-state index in [1.807, 2.05) is 24.3 Å². The van der Waals surface area contributed by atoms with Crippen molar-refractivity contribution in [2.45, 2.75) is 6.92 Å². The zero-order valence-corrected chi connectivity index (χ0v) is 11.4. The average Bonchev–Trinajstić information content (AvgIpc) is 2.52. The highest BCUT2D eigenvalue weighted by molar-refractivity contribution is 5.95. The summed E-state index contributed by atoms with van der Waals surface area (Å²) in [6, 6.07) is 14.5. The molecule has 21 heavy (non-hydrogen) atoms. The quantitative estimate of drug-likeness (QED) is 0.759. The van der Waals surface area contributed by atoms with Crippen molar-refractivity contribution in [1.82, 2.24) is 4.98 Å². The maximum atomic E-state index is 13.7. The van der Waals surface area contributed by atoms with Crippen molar-refractivity contribution in [3.63, 3.8) is 0 Å². The highest BCUT2D eigenvalue weighted by Gasteiger charge is 2.11. The van der Waals surface area contributed by atoms with Crippen LogP contribution in [0.4, 0.5) is 15.8 Å². The molecule has 0 aliphatic rings. The summed E-state index contributed by atoms with van der Waals surface area (Å²) in [5.74, 6) is -0.281. The van der Waals surface area contributed by atoms with Gasteiger partial charge in [0.2, 0.25) is 0 Å². The van der Waals surface area contributed by atoms with Crippen molar-refractivity contribution in [3.8, 4) is 6.07 Å². The van der Waals surface area contributed by atoms with Gasteiger partial charge in [0.05, 0.1) is 16.8 Å².